The van der Waals surface area contributed by atoms with Gasteiger partial charge in [-0.1, -0.05) is 31.9 Å². The van der Waals surface area contributed by atoms with Crippen LogP contribution in [0.2, 0.25) is 0 Å². The molecule has 4 nitrogen and oxygen atoms in total. The van der Waals surface area contributed by atoms with E-state index in [1.165, 1.54) is 12.8 Å². The molecule has 1 aromatic carbocycles. The highest BCUT2D eigenvalue weighted by Crippen LogP contribution is 2.21. The first-order valence-electron chi connectivity index (χ1n) is 5.83. The number of hydrogen-bond acceptors (Lipinski definition) is 3. The normalized spacial score (nSPS) is 11.2. The van der Waals surface area contributed by atoms with Crippen LogP contribution >= 0.6 is 0 Å². The molecule has 0 unspecified atom stereocenters. The zero-order valence-corrected chi connectivity index (χ0v) is 11.2. The summed E-state index contributed by atoms with van der Waals surface area (Å²) in [6.45, 7) is 3.01. The Labute approximate surface area is 103 Å². The standard InChI is InChI=1S/C12H20N2O2S/c1-3-4-7-10-13-11-8-5-6-9-12(11)14-17(2,15)16/h5-6,8-9,13-14H,3-4,7,10H2,1-2H3. The Hall–Kier alpha value is -1.23. The molecule has 2 N–H and O–H groups in total. The monoisotopic (exact) mass is 256 g/mol. The van der Waals surface area contributed by atoms with Crippen LogP contribution in [0, 0.1) is 0 Å². The minimum Gasteiger partial charge on any atom is -0.383 e. The van der Waals surface area contributed by atoms with Crippen molar-refractivity contribution in [2.45, 2.75) is 26.2 Å². The summed E-state index contributed by atoms with van der Waals surface area (Å²) in [5.74, 6) is 0. The summed E-state index contributed by atoms with van der Waals surface area (Å²) >= 11 is 0. The van der Waals surface area contributed by atoms with Gasteiger partial charge in [-0.3, -0.25) is 4.72 Å². The van der Waals surface area contributed by atoms with E-state index in [1.807, 2.05) is 18.2 Å². The molecule has 0 amide bonds. The fourth-order valence-electron chi connectivity index (χ4n) is 1.52. The third-order valence-electron chi connectivity index (χ3n) is 2.32. The summed E-state index contributed by atoms with van der Waals surface area (Å²) in [6.07, 6.45) is 4.59. The first kappa shape index (κ1) is 13.8. The van der Waals surface area contributed by atoms with E-state index >= 15 is 0 Å². The lowest BCUT2D eigenvalue weighted by Crippen LogP contribution is -2.12. The van der Waals surface area contributed by atoms with Crippen LogP contribution in [0.15, 0.2) is 24.3 Å². The second-order valence-corrected chi connectivity index (χ2v) is 5.80. The second kappa shape index (κ2) is 6.49. The van der Waals surface area contributed by atoms with Gasteiger partial charge in [0.15, 0.2) is 0 Å². The fourth-order valence-corrected chi connectivity index (χ4v) is 2.10. The molecule has 0 saturated carbocycles. The van der Waals surface area contributed by atoms with Crippen molar-refractivity contribution >= 4 is 21.4 Å². The highest BCUT2D eigenvalue weighted by atomic mass is 32.2. The van der Waals surface area contributed by atoms with Crippen molar-refractivity contribution in [3.8, 4) is 0 Å². The van der Waals surface area contributed by atoms with Crippen LogP contribution in [0.1, 0.15) is 26.2 Å². The molecule has 1 aromatic rings. The molecule has 17 heavy (non-hydrogen) atoms. The third kappa shape index (κ3) is 5.58. The average Bonchev–Trinajstić information content (AvgIpc) is 2.24. The van der Waals surface area contributed by atoms with Gasteiger partial charge >= 0.3 is 0 Å². The second-order valence-electron chi connectivity index (χ2n) is 4.05. The summed E-state index contributed by atoms with van der Waals surface area (Å²) < 4.78 is 24.9. The number of benzene rings is 1. The van der Waals surface area contributed by atoms with Crippen LogP contribution in [0.5, 0.6) is 0 Å². The van der Waals surface area contributed by atoms with E-state index < -0.39 is 10.0 Å². The maximum absolute atomic E-state index is 11.2. The minimum absolute atomic E-state index is 0.603. The molecule has 0 fully saturated rings. The van der Waals surface area contributed by atoms with Crippen LogP contribution in [0.25, 0.3) is 0 Å². The zero-order chi connectivity index (χ0) is 12.7. The number of unbranched alkanes of at least 4 members (excludes halogenated alkanes) is 2. The third-order valence-corrected chi connectivity index (χ3v) is 2.91. The van der Waals surface area contributed by atoms with Gasteiger partial charge in [0.25, 0.3) is 0 Å². The largest absolute Gasteiger partial charge is 0.383 e. The molecular formula is C12H20N2O2S. The molecule has 5 heteroatoms. The molecule has 96 valence electrons. The number of nitrogens with one attached hydrogen (secondary N) is 2. The molecule has 0 aliphatic carbocycles. The lowest BCUT2D eigenvalue weighted by Gasteiger charge is -2.12. The van der Waals surface area contributed by atoms with E-state index in [9.17, 15) is 8.42 Å². The minimum atomic E-state index is -3.22. The van der Waals surface area contributed by atoms with E-state index in [2.05, 4.69) is 17.0 Å². The van der Waals surface area contributed by atoms with Crippen molar-refractivity contribution in [2.75, 3.05) is 22.8 Å². The smallest absolute Gasteiger partial charge is 0.229 e. The number of sulfonamides is 1. The Morgan fingerprint density at radius 3 is 2.35 bits per heavy atom. The fraction of sp³-hybridized carbons (Fsp3) is 0.500. The first-order chi connectivity index (χ1) is 8.03. The molecular weight excluding hydrogens is 236 g/mol. The van der Waals surface area contributed by atoms with Gasteiger partial charge in [0.2, 0.25) is 10.0 Å². The maximum atomic E-state index is 11.2. The first-order valence-corrected chi connectivity index (χ1v) is 7.73. The van der Waals surface area contributed by atoms with E-state index in [4.69, 9.17) is 0 Å². The van der Waals surface area contributed by atoms with Crippen molar-refractivity contribution < 1.29 is 8.42 Å². The van der Waals surface area contributed by atoms with Crippen molar-refractivity contribution in [3.63, 3.8) is 0 Å². The van der Waals surface area contributed by atoms with Crippen LogP contribution in [0.4, 0.5) is 11.4 Å². The topological polar surface area (TPSA) is 58.2 Å². The van der Waals surface area contributed by atoms with Gasteiger partial charge in [0, 0.05) is 6.54 Å². The molecule has 0 aliphatic rings. The summed E-state index contributed by atoms with van der Waals surface area (Å²) in [4.78, 5) is 0. The summed E-state index contributed by atoms with van der Waals surface area (Å²) in [5, 5.41) is 3.24. The lowest BCUT2D eigenvalue weighted by atomic mass is 10.2. The van der Waals surface area contributed by atoms with E-state index in [0.717, 1.165) is 24.9 Å². The predicted octanol–water partition coefficient (Wildman–Crippen LogP) is 2.66. The number of anilines is 2. The number of para-hydroxylation sites is 2. The van der Waals surface area contributed by atoms with E-state index in [0.29, 0.717) is 5.69 Å². The van der Waals surface area contributed by atoms with Gasteiger partial charge < -0.3 is 5.32 Å². The van der Waals surface area contributed by atoms with Crippen molar-refractivity contribution in [3.05, 3.63) is 24.3 Å². The van der Waals surface area contributed by atoms with Gasteiger partial charge in [-0.2, -0.15) is 0 Å². The Kier molecular flexibility index (Phi) is 5.28. The summed E-state index contributed by atoms with van der Waals surface area (Å²) in [5.41, 5.74) is 1.43. The van der Waals surface area contributed by atoms with E-state index in [1.54, 1.807) is 6.07 Å². The molecule has 0 atom stereocenters. The summed E-state index contributed by atoms with van der Waals surface area (Å²) in [6, 6.07) is 7.32. The molecule has 0 aromatic heterocycles. The van der Waals surface area contributed by atoms with Crippen LogP contribution in [0.3, 0.4) is 0 Å². The Balaban J connectivity index is 2.64. The average molecular weight is 256 g/mol. The molecule has 0 spiro atoms. The number of rotatable bonds is 7. The SMILES string of the molecule is CCCCCNc1ccccc1NS(C)(=O)=O. The van der Waals surface area contributed by atoms with Crippen LogP contribution in [-0.2, 0) is 10.0 Å². The molecule has 0 bridgehead atoms. The Morgan fingerprint density at radius 2 is 1.76 bits per heavy atom. The lowest BCUT2D eigenvalue weighted by molar-refractivity contribution is 0.607. The van der Waals surface area contributed by atoms with Gasteiger partial charge in [-0.05, 0) is 18.6 Å². The molecule has 0 heterocycles. The van der Waals surface area contributed by atoms with Crippen LogP contribution < -0.4 is 10.0 Å². The highest BCUT2D eigenvalue weighted by Gasteiger charge is 2.05. The van der Waals surface area contributed by atoms with Crippen LogP contribution in [-0.4, -0.2) is 21.2 Å². The maximum Gasteiger partial charge on any atom is 0.229 e. The molecule has 0 saturated heterocycles. The van der Waals surface area contributed by atoms with Crippen molar-refractivity contribution in [2.24, 2.45) is 0 Å². The molecule has 1 rings (SSSR count). The molecule has 0 aliphatic heterocycles. The summed E-state index contributed by atoms with van der Waals surface area (Å²) in [7, 11) is -3.22. The predicted molar refractivity (Wildman–Crippen MR) is 72.9 cm³/mol. The van der Waals surface area contributed by atoms with Gasteiger partial charge in [0.1, 0.15) is 0 Å². The van der Waals surface area contributed by atoms with Gasteiger partial charge in [-0.25, -0.2) is 8.42 Å². The Morgan fingerprint density at radius 1 is 1.12 bits per heavy atom. The Bertz CT molecular complexity index is 444. The molecule has 0 radical (unpaired) electrons. The van der Waals surface area contributed by atoms with Crippen molar-refractivity contribution in [1.29, 1.82) is 0 Å². The van der Waals surface area contributed by atoms with Gasteiger partial charge in [-0.15, -0.1) is 0 Å². The van der Waals surface area contributed by atoms with Crippen molar-refractivity contribution in [1.82, 2.24) is 0 Å². The quantitative estimate of drug-likeness (QED) is 0.737. The highest BCUT2D eigenvalue weighted by molar-refractivity contribution is 7.92. The van der Waals surface area contributed by atoms with E-state index in [-0.39, 0.29) is 0 Å². The zero-order valence-electron chi connectivity index (χ0n) is 10.4. The number of hydrogen-bond donors (Lipinski definition) is 2. The van der Waals surface area contributed by atoms with Gasteiger partial charge in [0.05, 0.1) is 17.6 Å².